The molecule has 0 atom stereocenters. The van der Waals surface area contributed by atoms with Gasteiger partial charge in [-0.25, -0.2) is 9.18 Å². The molecule has 0 spiro atoms. The zero-order chi connectivity index (χ0) is 16.1. The second-order valence-electron chi connectivity index (χ2n) is 4.52. The van der Waals surface area contributed by atoms with Crippen molar-refractivity contribution in [2.75, 3.05) is 7.05 Å². The van der Waals surface area contributed by atoms with Crippen LogP contribution in [0, 0.1) is 11.2 Å². The molecule has 0 saturated carbocycles. The van der Waals surface area contributed by atoms with Gasteiger partial charge in [-0.15, -0.1) is 0 Å². The molecule has 114 valence electrons. The van der Waals surface area contributed by atoms with Crippen LogP contribution in [0.2, 0.25) is 0 Å². The maximum Gasteiger partial charge on any atom is 0.352 e. The van der Waals surface area contributed by atoms with Gasteiger partial charge >= 0.3 is 5.97 Å². The Bertz CT molecular complexity index is 705. The number of halogens is 1. The molecule has 0 amide bonds. The lowest BCUT2D eigenvalue weighted by atomic mass is 10.0. The first-order valence-corrected chi connectivity index (χ1v) is 6.53. The molecule has 0 heterocycles. The minimum atomic E-state index is -1.16. The average molecular weight is 302 g/mol. The van der Waals surface area contributed by atoms with Crippen LogP contribution in [0.5, 0.6) is 0 Å². The van der Waals surface area contributed by atoms with Crippen LogP contribution in [-0.4, -0.2) is 23.8 Å². The van der Waals surface area contributed by atoms with E-state index in [1.165, 1.54) is 25.3 Å². The van der Waals surface area contributed by atoms with Crippen molar-refractivity contribution in [3.8, 4) is 0 Å². The molecule has 3 N–H and O–H groups in total. The summed E-state index contributed by atoms with van der Waals surface area (Å²) in [6.07, 6.45) is 4.43. The fraction of sp³-hybridized carbons (Fsp3) is 0.125. The normalized spacial score (nSPS) is 16.1. The second-order valence-corrected chi connectivity index (χ2v) is 4.52. The van der Waals surface area contributed by atoms with Gasteiger partial charge in [0, 0.05) is 18.2 Å². The summed E-state index contributed by atoms with van der Waals surface area (Å²) in [7, 11) is 1.47. The summed E-state index contributed by atoms with van der Waals surface area (Å²) in [5.41, 5.74) is 0.572. The third-order valence-corrected chi connectivity index (χ3v) is 3.08. The SMILES string of the molecule is CN/C(C(=O)O)=C1/C=C(OCc2ccccc2F)C=CC1=N. The molecule has 0 aliphatic heterocycles. The molecular formula is C16H15FN2O3. The molecular weight excluding hydrogens is 287 g/mol. The number of likely N-dealkylation sites (N-methyl/N-ethyl adjacent to an activating group) is 1. The van der Waals surface area contributed by atoms with E-state index in [-0.39, 0.29) is 29.4 Å². The molecule has 2 rings (SSSR count). The molecule has 0 fully saturated rings. The van der Waals surface area contributed by atoms with E-state index in [0.29, 0.717) is 11.3 Å². The summed E-state index contributed by atoms with van der Waals surface area (Å²) in [6, 6.07) is 6.25. The van der Waals surface area contributed by atoms with E-state index in [0.717, 1.165) is 0 Å². The molecule has 5 nitrogen and oxygen atoms in total. The molecule has 0 saturated heterocycles. The number of benzene rings is 1. The highest BCUT2D eigenvalue weighted by atomic mass is 19.1. The summed E-state index contributed by atoms with van der Waals surface area (Å²) >= 11 is 0. The largest absolute Gasteiger partial charge is 0.489 e. The van der Waals surface area contributed by atoms with Crippen LogP contribution in [0.4, 0.5) is 4.39 Å². The molecule has 6 heteroatoms. The number of carboxylic acids is 1. The van der Waals surface area contributed by atoms with Gasteiger partial charge in [-0.05, 0) is 24.3 Å². The van der Waals surface area contributed by atoms with Crippen LogP contribution in [-0.2, 0) is 16.1 Å². The van der Waals surface area contributed by atoms with Gasteiger partial charge in [0.1, 0.15) is 23.9 Å². The third kappa shape index (κ3) is 3.41. The predicted molar refractivity (Wildman–Crippen MR) is 79.9 cm³/mol. The molecule has 1 aliphatic rings. The maximum absolute atomic E-state index is 13.5. The van der Waals surface area contributed by atoms with Crippen molar-refractivity contribution in [3.05, 3.63) is 70.9 Å². The Hall–Kier alpha value is -2.89. The first-order valence-electron chi connectivity index (χ1n) is 6.53. The van der Waals surface area contributed by atoms with Crippen molar-refractivity contribution < 1.29 is 19.0 Å². The Morgan fingerprint density at radius 3 is 2.73 bits per heavy atom. The summed E-state index contributed by atoms with van der Waals surface area (Å²) in [5.74, 6) is -1.17. The van der Waals surface area contributed by atoms with Crippen LogP contribution in [0.1, 0.15) is 5.56 Å². The van der Waals surface area contributed by atoms with E-state index in [1.807, 2.05) is 0 Å². The van der Waals surface area contributed by atoms with E-state index in [2.05, 4.69) is 5.32 Å². The van der Waals surface area contributed by atoms with Crippen molar-refractivity contribution in [2.45, 2.75) is 6.61 Å². The smallest absolute Gasteiger partial charge is 0.352 e. The van der Waals surface area contributed by atoms with E-state index < -0.39 is 5.97 Å². The van der Waals surface area contributed by atoms with Crippen molar-refractivity contribution in [3.63, 3.8) is 0 Å². The van der Waals surface area contributed by atoms with E-state index in [1.54, 1.807) is 24.3 Å². The molecule has 1 aromatic rings. The lowest BCUT2D eigenvalue weighted by molar-refractivity contribution is -0.133. The zero-order valence-electron chi connectivity index (χ0n) is 11.9. The predicted octanol–water partition coefficient (Wildman–Crippen LogP) is 2.37. The minimum Gasteiger partial charge on any atom is -0.489 e. The van der Waals surface area contributed by atoms with Gasteiger partial charge in [0.15, 0.2) is 0 Å². The average Bonchev–Trinajstić information content (AvgIpc) is 2.49. The number of carbonyl (C=O) groups is 1. The van der Waals surface area contributed by atoms with Crippen LogP contribution in [0.15, 0.2) is 59.5 Å². The summed E-state index contributed by atoms with van der Waals surface area (Å²) in [4.78, 5) is 11.1. The summed E-state index contributed by atoms with van der Waals surface area (Å²) < 4.78 is 19.0. The maximum atomic E-state index is 13.5. The van der Waals surface area contributed by atoms with Gasteiger partial charge in [0.05, 0.1) is 5.71 Å². The van der Waals surface area contributed by atoms with E-state index in [4.69, 9.17) is 15.3 Å². The number of hydrogen-bond acceptors (Lipinski definition) is 4. The van der Waals surface area contributed by atoms with Crippen molar-refractivity contribution in [2.24, 2.45) is 0 Å². The first kappa shape index (κ1) is 15.5. The van der Waals surface area contributed by atoms with Gasteiger partial charge < -0.3 is 20.6 Å². The number of nitrogens with one attached hydrogen (secondary N) is 2. The van der Waals surface area contributed by atoms with Gasteiger partial charge in [-0.2, -0.15) is 0 Å². The van der Waals surface area contributed by atoms with Crippen LogP contribution in [0.3, 0.4) is 0 Å². The highest BCUT2D eigenvalue weighted by Crippen LogP contribution is 2.19. The molecule has 0 radical (unpaired) electrons. The quantitative estimate of drug-likeness (QED) is 0.729. The molecule has 1 aromatic carbocycles. The molecule has 0 aromatic heterocycles. The number of rotatable bonds is 5. The lowest BCUT2D eigenvalue weighted by Gasteiger charge is -2.15. The van der Waals surface area contributed by atoms with E-state index in [9.17, 15) is 9.18 Å². The molecule has 0 bridgehead atoms. The standard InChI is InChI=1S/C16H15FN2O3/c1-19-15(16(20)21)12-8-11(6-7-14(12)18)22-9-10-4-2-3-5-13(10)17/h2-8,18-19H,9H2,1H3,(H,20,21)/b15-12-,18-14?. The Balaban J connectivity index is 2.21. The highest BCUT2D eigenvalue weighted by molar-refractivity contribution is 6.13. The topological polar surface area (TPSA) is 82.4 Å². The Morgan fingerprint density at radius 2 is 2.09 bits per heavy atom. The number of ether oxygens (including phenoxy) is 1. The van der Waals surface area contributed by atoms with Crippen molar-refractivity contribution >= 4 is 11.7 Å². The number of hydrogen-bond donors (Lipinski definition) is 3. The fourth-order valence-corrected chi connectivity index (χ4v) is 1.95. The fourth-order valence-electron chi connectivity index (χ4n) is 1.95. The number of aliphatic carboxylic acids is 1. The van der Waals surface area contributed by atoms with Crippen molar-refractivity contribution in [1.82, 2.24) is 5.32 Å². The van der Waals surface area contributed by atoms with Crippen LogP contribution < -0.4 is 5.32 Å². The third-order valence-electron chi connectivity index (χ3n) is 3.08. The van der Waals surface area contributed by atoms with Gasteiger partial charge in [0.25, 0.3) is 0 Å². The second kappa shape index (κ2) is 6.71. The molecule has 0 unspecified atom stereocenters. The van der Waals surface area contributed by atoms with Gasteiger partial charge in [-0.3, -0.25) is 0 Å². The number of carboxylic acid groups (broad SMARTS) is 1. The monoisotopic (exact) mass is 302 g/mol. The van der Waals surface area contributed by atoms with Gasteiger partial charge in [-0.1, -0.05) is 18.2 Å². The van der Waals surface area contributed by atoms with Crippen LogP contribution >= 0.6 is 0 Å². The highest BCUT2D eigenvalue weighted by Gasteiger charge is 2.17. The lowest BCUT2D eigenvalue weighted by Crippen LogP contribution is -2.21. The Kier molecular flexibility index (Phi) is 4.73. The molecule has 1 aliphatic carbocycles. The first-order chi connectivity index (χ1) is 10.5. The van der Waals surface area contributed by atoms with Crippen molar-refractivity contribution in [1.29, 1.82) is 5.41 Å². The van der Waals surface area contributed by atoms with Gasteiger partial charge in [0.2, 0.25) is 0 Å². The Morgan fingerprint density at radius 1 is 1.36 bits per heavy atom. The Labute approximate surface area is 126 Å². The minimum absolute atomic E-state index is 0.0193. The summed E-state index contributed by atoms with van der Waals surface area (Å²) in [5, 5.41) is 19.4. The van der Waals surface area contributed by atoms with Crippen LogP contribution in [0.25, 0.3) is 0 Å². The van der Waals surface area contributed by atoms with E-state index >= 15 is 0 Å². The number of allylic oxidation sites excluding steroid dienone is 4. The summed E-state index contributed by atoms with van der Waals surface area (Å²) in [6.45, 7) is 0.0193. The molecule has 22 heavy (non-hydrogen) atoms. The zero-order valence-corrected chi connectivity index (χ0v) is 11.9.